The van der Waals surface area contributed by atoms with Crippen LogP contribution in [-0.2, 0) is 9.59 Å². The summed E-state index contributed by atoms with van der Waals surface area (Å²) in [5.74, 6) is 0.584. The highest BCUT2D eigenvalue weighted by Gasteiger charge is 2.28. The van der Waals surface area contributed by atoms with Crippen molar-refractivity contribution in [1.82, 2.24) is 9.80 Å². The second kappa shape index (κ2) is 8.98. The van der Waals surface area contributed by atoms with E-state index < -0.39 is 0 Å². The van der Waals surface area contributed by atoms with Crippen LogP contribution in [0.4, 0.5) is 5.69 Å². The van der Waals surface area contributed by atoms with Crippen LogP contribution in [0, 0.1) is 9.49 Å². The number of anilines is 1. The van der Waals surface area contributed by atoms with Crippen molar-refractivity contribution in [2.24, 2.45) is 5.92 Å². The minimum atomic E-state index is 0.00765. The van der Waals surface area contributed by atoms with Gasteiger partial charge in [0.25, 0.3) is 0 Å². The number of rotatable bonds is 4. The zero-order valence-corrected chi connectivity index (χ0v) is 16.7. The largest absolute Gasteiger partial charge is 0.340 e. The average Bonchev–Trinajstić information content (AvgIpc) is 2.64. The molecular weight excluding hydrogens is 429 g/mol. The van der Waals surface area contributed by atoms with Crippen LogP contribution in [0.3, 0.4) is 0 Å². The van der Waals surface area contributed by atoms with Gasteiger partial charge in [0.05, 0.1) is 6.54 Å². The molecule has 6 heteroatoms. The third kappa shape index (κ3) is 5.41. The minimum absolute atomic E-state index is 0.00765. The molecule has 1 aromatic carbocycles. The van der Waals surface area contributed by atoms with Crippen molar-refractivity contribution in [3.05, 3.63) is 27.8 Å². The molecule has 1 saturated carbocycles. The van der Waals surface area contributed by atoms with Gasteiger partial charge < -0.3 is 10.2 Å². The zero-order valence-electron chi connectivity index (χ0n) is 14.5. The van der Waals surface area contributed by atoms with Crippen molar-refractivity contribution < 1.29 is 9.59 Å². The van der Waals surface area contributed by atoms with Crippen LogP contribution < -0.4 is 5.32 Å². The van der Waals surface area contributed by atoms with Gasteiger partial charge in [-0.25, -0.2) is 0 Å². The molecule has 2 aliphatic rings. The second-order valence-electron chi connectivity index (χ2n) is 6.99. The molecule has 1 aliphatic heterocycles. The number of nitrogens with zero attached hydrogens (tertiary/aromatic N) is 2. The first-order valence-electron chi connectivity index (χ1n) is 9.18. The standard InChI is InChI=1S/C19H26IN3O2/c20-16-6-8-17(9-7-16)21-18(24)14-22-10-12-23(13-11-22)19(25)15-4-2-1-3-5-15/h6-9,15H,1-5,10-14H2,(H,21,24). The predicted octanol–water partition coefficient (Wildman–Crippen LogP) is 2.95. The minimum Gasteiger partial charge on any atom is -0.340 e. The number of carbonyl (C=O) groups is 2. The van der Waals surface area contributed by atoms with Gasteiger partial charge in [-0.2, -0.15) is 0 Å². The van der Waals surface area contributed by atoms with E-state index >= 15 is 0 Å². The molecule has 1 N–H and O–H groups in total. The fourth-order valence-corrected chi connectivity index (χ4v) is 4.03. The molecule has 2 amide bonds. The summed E-state index contributed by atoms with van der Waals surface area (Å²) in [5.41, 5.74) is 0.830. The molecule has 0 unspecified atom stereocenters. The maximum atomic E-state index is 12.6. The molecule has 0 radical (unpaired) electrons. The molecule has 1 heterocycles. The van der Waals surface area contributed by atoms with Crippen LogP contribution in [0.2, 0.25) is 0 Å². The summed E-state index contributed by atoms with van der Waals surface area (Å²) in [6.07, 6.45) is 5.76. The first-order chi connectivity index (χ1) is 12.1. The van der Waals surface area contributed by atoms with Crippen LogP contribution in [0.15, 0.2) is 24.3 Å². The average molecular weight is 455 g/mol. The maximum Gasteiger partial charge on any atom is 0.238 e. The number of piperazine rings is 1. The smallest absolute Gasteiger partial charge is 0.238 e. The fourth-order valence-electron chi connectivity index (χ4n) is 3.67. The van der Waals surface area contributed by atoms with Gasteiger partial charge in [0, 0.05) is 41.4 Å². The number of hydrogen-bond acceptors (Lipinski definition) is 3. The van der Waals surface area contributed by atoms with Gasteiger partial charge in [-0.05, 0) is 59.7 Å². The number of benzene rings is 1. The van der Waals surface area contributed by atoms with Crippen molar-refractivity contribution >= 4 is 40.1 Å². The Hall–Kier alpha value is -1.15. The van der Waals surface area contributed by atoms with Gasteiger partial charge in [0.1, 0.15) is 0 Å². The Bertz CT molecular complexity index is 591. The van der Waals surface area contributed by atoms with E-state index in [-0.39, 0.29) is 11.8 Å². The van der Waals surface area contributed by atoms with Crippen LogP contribution in [0.25, 0.3) is 0 Å². The molecule has 3 rings (SSSR count). The molecule has 0 bridgehead atoms. The van der Waals surface area contributed by atoms with Crippen LogP contribution in [0.1, 0.15) is 32.1 Å². The molecular formula is C19H26IN3O2. The maximum absolute atomic E-state index is 12.6. The normalized spacial score (nSPS) is 19.6. The summed E-state index contributed by atoms with van der Waals surface area (Å²) in [5, 5.41) is 2.94. The topological polar surface area (TPSA) is 52.7 Å². The zero-order chi connectivity index (χ0) is 17.6. The molecule has 25 heavy (non-hydrogen) atoms. The highest BCUT2D eigenvalue weighted by Crippen LogP contribution is 2.25. The highest BCUT2D eigenvalue weighted by molar-refractivity contribution is 14.1. The van der Waals surface area contributed by atoms with Gasteiger partial charge in [0.2, 0.25) is 11.8 Å². The number of amides is 2. The highest BCUT2D eigenvalue weighted by atomic mass is 127. The summed E-state index contributed by atoms with van der Waals surface area (Å²) < 4.78 is 1.15. The summed E-state index contributed by atoms with van der Waals surface area (Å²) in [4.78, 5) is 28.9. The van der Waals surface area contributed by atoms with Gasteiger partial charge in [-0.3, -0.25) is 14.5 Å². The lowest BCUT2D eigenvalue weighted by molar-refractivity contribution is -0.138. The summed E-state index contributed by atoms with van der Waals surface area (Å²) in [6, 6.07) is 7.79. The number of halogens is 1. The van der Waals surface area contributed by atoms with E-state index in [0.29, 0.717) is 12.5 Å². The summed E-state index contributed by atoms with van der Waals surface area (Å²) >= 11 is 2.24. The van der Waals surface area contributed by atoms with E-state index in [1.807, 2.05) is 29.2 Å². The Morgan fingerprint density at radius 2 is 1.64 bits per heavy atom. The lowest BCUT2D eigenvalue weighted by Gasteiger charge is -2.36. The molecule has 0 atom stereocenters. The van der Waals surface area contributed by atoms with Crippen molar-refractivity contribution in [2.75, 3.05) is 38.0 Å². The molecule has 2 fully saturated rings. The van der Waals surface area contributed by atoms with Gasteiger partial charge in [-0.15, -0.1) is 0 Å². The Morgan fingerprint density at radius 3 is 2.28 bits per heavy atom. The Labute approximate surface area is 163 Å². The Kier molecular flexibility index (Phi) is 6.70. The molecule has 1 aromatic rings. The quantitative estimate of drug-likeness (QED) is 0.711. The van der Waals surface area contributed by atoms with E-state index in [1.54, 1.807) is 0 Å². The van der Waals surface area contributed by atoms with Gasteiger partial charge in [-0.1, -0.05) is 19.3 Å². The molecule has 0 aromatic heterocycles. The molecule has 1 saturated heterocycles. The van der Waals surface area contributed by atoms with E-state index in [0.717, 1.165) is 48.3 Å². The number of nitrogens with one attached hydrogen (secondary N) is 1. The third-order valence-electron chi connectivity index (χ3n) is 5.13. The van der Waals surface area contributed by atoms with Crippen molar-refractivity contribution in [3.63, 3.8) is 0 Å². The number of hydrogen-bond donors (Lipinski definition) is 1. The van der Waals surface area contributed by atoms with Gasteiger partial charge >= 0.3 is 0 Å². The lowest BCUT2D eigenvalue weighted by Crippen LogP contribution is -2.52. The van der Waals surface area contributed by atoms with E-state index in [9.17, 15) is 9.59 Å². The Morgan fingerprint density at radius 1 is 1.00 bits per heavy atom. The van der Waals surface area contributed by atoms with Crippen molar-refractivity contribution in [3.8, 4) is 0 Å². The first-order valence-corrected chi connectivity index (χ1v) is 10.3. The second-order valence-corrected chi connectivity index (χ2v) is 8.24. The van der Waals surface area contributed by atoms with E-state index in [1.165, 1.54) is 19.3 Å². The van der Waals surface area contributed by atoms with Crippen molar-refractivity contribution in [1.29, 1.82) is 0 Å². The summed E-state index contributed by atoms with van der Waals surface area (Å²) in [7, 11) is 0. The third-order valence-corrected chi connectivity index (χ3v) is 5.85. The molecule has 136 valence electrons. The number of carbonyl (C=O) groups excluding carboxylic acids is 2. The lowest BCUT2D eigenvalue weighted by atomic mass is 9.88. The van der Waals surface area contributed by atoms with Crippen LogP contribution in [-0.4, -0.2) is 54.3 Å². The van der Waals surface area contributed by atoms with E-state index in [2.05, 4.69) is 32.8 Å². The van der Waals surface area contributed by atoms with Crippen LogP contribution in [0.5, 0.6) is 0 Å². The monoisotopic (exact) mass is 455 g/mol. The predicted molar refractivity (Wildman–Crippen MR) is 107 cm³/mol. The van der Waals surface area contributed by atoms with Crippen LogP contribution >= 0.6 is 22.6 Å². The molecule has 0 spiro atoms. The van der Waals surface area contributed by atoms with E-state index in [4.69, 9.17) is 0 Å². The molecule has 1 aliphatic carbocycles. The fraction of sp³-hybridized carbons (Fsp3) is 0.579. The van der Waals surface area contributed by atoms with Crippen molar-refractivity contribution in [2.45, 2.75) is 32.1 Å². The van der Waals surface area contributed by atoms with Gasteiger partial charge in [0.15, 0.2) is 0 Å². The summed E-state index contributed by atoms with van der Waals surface area (Å²) in [6.45, 7) is 3.42. The first kappa shape index (κ1) is 18.6. The Balaban J connectivity index is 1.41. The SMILES string of the molecule is O=C(CN1CCN(C(=O)C2CCCCC2)CC1)Nc1ccc(I)cc1. The molecule has 5 nitrogen and oxygen atoms in total.